The topological polar surface area (TPSA) is 51.7 Å². The SMILES string of the molecule is COc1ncc(C(C)C)cc1-c1ccc(C(F)(F)F)cc1[C@@H]1CC[C@H]2[C@@H](c3cc(C(F)(F)F)cc(C(F)(F)F)c3)OC(=O)N12. The molecule has 14 heteroatoms. The summed E-state index contributed by atoms with van der Waals surface area (Å²) in [5, 5.41) is 0. The fourth-order valence-electron chi connectivity index (χ4n) is 5.78. The van der Waals surface area contributed by atoms with E-state index in [-0.39, 0.29) is 41.8 Å². The van der Waals surface area contributed by atoms with Crippen LogP contribution in [0.1, 0.15) is 78.1 Å². The first-order valence-electron chi connectivity index (χ1n) is 13.4. The minimum atomic E-state index is -5.12. The molecule has 0 radical (unpaired) electrons. The van der Waals surface area contributed by atoms with Crippen LogP contribution in [0.5, 0.6) is 5.88 Å². The highest BCUT2D eigenvalue weighted by Crippen LogP contribution is 2.51. The van der Waals surface area contributed by atoms with Gasteiger partial charge in [-0.05, 0) is 77.4 Å². The molecule has 0 spiro atoms. The van der Waals surface area contributed by atoms with Crippen LogP contribution in [0.4, 0.5) is 44.3 Å². The number of hydrogen-bond donors (Lipinski definition) is 0. The minimum absolute atomic E-state index is 0.00992. The molecule has 0 unspecified atom stereocenters. The number of benzene rings is 2. The van der Waals surface area contributed by atoms with Gasteiger partial charge in [0.1, 0.15) is 6.10 Å². The van der Waals surface area contributed by atoms with E-state index in [0.29, 0.717) is 17.7 Å². The number of amides is 1. The number of nitrogens with zero attached hydrogens (tertiary/aromatic N) is 2. The van der Waals surface area contributed by atoms with Crippen molar-refractivity contribution in [3.8, 4) is 17.0 Å². The third kappa shape index (κ3) is 5.77. The molecule has 1 amide bonds. The maximum absolute atomic E-state index is 13.9. The molecular weight excluding hydrogens is 607 g/mol. The number of cyclic esters (lactones) is 1. The van der Waals surface area contributed by atoms with Gasteiger partial charge < -0.3 is 9.47 Å². The molecule has 3 heterocycles. The minimum Gasteiger partial charge on any atom is -0.481 e. The third-order valence-electron chi connectivity index (χ3n) is 7.92. The van der Waals surface area contributed by atoms with Crippen LogP contribution in [-0.4, -0.2) is 29.1 Å². The number of carbonyl (C=O) groups is 1. The van der Waals surface area contributed by atoms with E-state index in [2.05, 4.69) is 4.98 Å². The smallest absolute Gasteiger partial charge is 0.416 e. The maximum atomic E-state index is 13.9. The van der Waals surface area contributed by atoms with Crippen LogP contribution in [0.15, 0.2) is 48.7 Å². The number of alkyl halides is 9. The van der Waals surface area contributed by atoms with E-state index in [1.165, 1.54) is 13.2 Å². The van der Waals surface area contributed by atoms with E-state index in [9.17, 15) is 44.3 Å². The van der Waals surface area contributed by atoms with Gasteiger partial charge in [-0.25, -0.2) is 9.78 Å². The van der Waals surface area contributed by atoms with Gasteiger partial charge in [0.25, 0.3) is 0 Å². The Hall–Kier alpha value is -3.97. The molecule has 3 atom stereocenters. The van der Waals surface area contributed by atoms with Gasteiger partial charge in [-0.3, -0.25) is 4.90 Å². The average Bonchev–Trinajstić information content (AvgIpc) is 3.51. The summed E-state index contributed by atoms with van der Waals surface area (Å²) in [5.41, 5.74) is -3.25. The van der Waals surface area contributed by atoms with Crippen LogP contribution < -0.4 is 4.74 Å². The first-order chi connectivity index (χ1) is 20.4. The second-order valence-electron chi connectivity index (χ2n) is 11.0. The standard InChI is InChI=1S/C30H25F9N2O3/c1-14(2)16-10-22(26(43-3)40-13-16)20-5-4-17(28(31,32)33)12-21(20)23-6-7-24-25(44-27(42)41(23)24)15-8-18(29(34,35)36)11-19(9-15)30(37,38)39/h4-5,8-14,23-25H,6-7H2,1-3H3/t23-,24-,25+/m0/s1. The Morgan fingerprint density at radius 3 is 2.00 bits per heavy atom. The average molecular weight is 633 g/mol. The fraction of sp³-hybridized carbons (Fsp3) is 0.400. The molecule has 44 heavy (non-hydrogen) atoms. The van der Waals surface area contributed by atoms with Gasteiger partial charge in [0, 0.05) is 11.8 Å². The lowest BCUT2D eigenvalue weighted by atomic mass is 9.90. The summed E-state index contributed by atoms with van der Waals surface area (Å²) >= 11 is 0. The van der Waals surface area contributed by atoms with E-state index in [1.807, 2.05) is 13.8 Å². The zero-order valence-electron chi connectivity index (χ0n) is 23.4. The van der Waals surface area contributed by atoms with Gasteiger partial charge >= 0.3 is 24.6 Å². The van der Waals surface area contributed by atoms with Gasteiger partial charge in [0.15, 0.2) is 0 Å². The summed E-state index contributed by atoms with van der Waals surface area (Å²) in [6.45, 7) is 3.78. The molecule has 2 aliphatic rings. The molecule has 2 saturated heterocycles. The Labute approximate surface area is 245 Å². The highest BCUT2D eigenvalue weighted by atomic mass is 19.4. The van der Waals surface area contributed by atoms with E-state index in [1.54, 1.807) is 12.3 Å². The lowest BCUT2D eigenvalue weighted by Gasteiger charge is -2.26. The van der Waals surface area contributed by atoms with Crippen LogP contribution in [0.2, 0.25) is 0 Å². The van der Waals surface area contributed by atoms with Crippen molar-refractivity contribution in [2.75, 3.05) is 7.11 Å². The molecule has 0 N–H and O–H groups in total. The maximum Gasteiger partial charge on any atom is 0.416 e. The molecule has 0 saturated carbocycles. The summed E-state index contributed by atoms with van der Waals surface area (Å²) in [7, 11) is 1.34. The van der Waals surface area contributed by atoms with Crippen LogP contribution in [0, 0.1) is 0 Å². The van der Waals surface area contributed by atoms with Crippen molar-refractivity contribution in [2.45, 2.75) is 69.3 Å². The van der Waals surface area contributed by atoms with E-state index in [0.717, 1.165) is 22.6 Å². The van der Waals surface area contributed by atoms with Gasteiger partial charge in [-0.2, -0.15) is 39.5 Å². The number of methoxy groups -OCH3 is 1. The molecule has 236 valence electrons. The molecule has 2 aliphatic heterocycles. The normalized spacial score (nSPS) is 20.7. The number of hydrogen-bond acceptors (Lipinski definition) is 4. The first-order valence-corrected chi connectivity index (χ1v) is 13.4. The highest BCUT2D eigenvalue weighted by Gasteiger charge is 2.52. The predicted octanol–water partition coefficient (Wildman–Crippen LogP) is 9.33. The van der Waals surface area contributed by atoms with Crippen molar-refractivity contribution < 1.29 is 53.8 Å². The molecular formula is C30H25F9N2O3. The Balaban J connectivity index is 1.62. The van der Waals surface area contributed by atoms with Crippen LogP contribution in [0.25, 0.3) is 11.1 Å². The molecule has 0 aliphatic carbocycles. The Morgan fingerprint density at radius 1 is 0.841 bits per heavy atom. The van der Waals surface area contributed by atoms with Crippen LogP contribution in [-0.2, 0) is 23.3 Å². The van der Waals surface area contributed by atoms with E-state index in [4.69, 9.17) is 9.47 Å². The molecule has 5 nitrogen and oxygen atoms in total. The van der Waals surface area contributed by atoms with Gasteiger partial charge in [-0.1, -0.05) is 19.9 Å². The van der Waals surface area contributed by atoms with Crippen molar-refractivity contribution in [1.82, 2.24) is 9.88 Å². The lowest BCUT2D eigenvalue weighted by molar-refractivity contribution is -0.143. The predicted molar refractivity (Wildman–Crippen MR) is 139 cm³/mol. The zero-order valence-corrected chi connectivity index (χ0v) is 23.4. The summed E-state index contributed by atoms with van der Waals surface area (Å²) in [6, 6.07) is 3.57. The van der Waals surface area contributed by atoms with E-state index < -0.39 is 65.1 Å². The molecule has 2 aromatic carbocycles. The Bertz CT molecular complexity index is 1550. The fourth-order valence-corrected chi connectivity index (χ4v) is 5.78. The van der Waals surface area contributed by atoms with Crippen molar-refractivity contribution in [2.24, 2.45) is 0 Å². The zero-order chi connectivity index (χ0) is 32.4. The number of halogens is 9. The molecule has 1 aromatic heterocycles. The second kappa shape index (κ2) is 10.9. The van der Waals surface area contributed by atoms with Gasteiger partial charge in [0.2, 0.25) is 5.88 Å². The number of ether oxygens (including phenoxy) is 2. The van der Waals surface area contributed by atoms with Crippen LogP contribution in [0.3, 0.4) is 0 Å². The second-order valence-corrected chi connectivity index (χ2v) is 11.0. The van der Waals surface area contributed by atoms with Gasteiger partial charge in [0.05, 0.1) is 35.9 Å². The lowest BCUT2D eigenvalue weighted by Crippen LogP contribution is -2.31. The van der Waals surface area contributed by atoms with Crippen molar-refractivity contribution in [1.29, 1.82) is 0 Å². The summed E-state index contributed by atoms with van der Waals surface area (Å²) in [5.74, 6) is 0.0970. The molecule has 2 fully saturated rings. The summed E-state index contributed by atoms with van der Waals surface area (Å²) in [4.78, 5) is 18.6. The van der Waals surface area contributed by atoms with Crippen molar-refractivity contribution in [3.05, 3.63) is 82.0 Å². The summed E-state index contributed by atoms with van der Waals surface area (Å²) < 4.78 is 134. The molecule has 0 bridgehead atoms. The van der Waals surface area contributed by atoms with Crippen molar-refractivity contribution in [3.63, 3.8) is 0 Å². The molecule has 3 aromatic rings. The van der Waals surface area contributed by atoms with Crippen LogP contribution >= 0.6 is 0 Å². The number of rotatable bonds is 5. The number of pyridine rings is 1. The van der Waals surface area contributed by atoms with Gasteiger partial charge in [-0.15, -0.1) is 0 Å². The monoisotopic (exact) mass is 632 g/mol. The molecule has 5 rings (SSSR count). The number of aromatic nitrogens is 1. The van der Waals surface area contributed by atoms with E-state index >= 15 is 0 Å². The Kier molecular flexibility index (Phi) is 7.78. The summed E-state index contributed by atoms with van der Waals surface area (Å²) in [6.07, 6.45) is -15.9. The third-order valence-corrected chi connectivity index (χ3v) is 7.92. The quantitative estimate of drug-likeness (QED) is 0.263. The highest BCUT2D eigenvalue weighted by molar-refractivity contribution is 5.77. The largest absolute Gasteiger partial charge is 0.481 e. The van der Waals surface area contributed by atoms with Crippen molar-refractivity contribution >= 4 is 6.09 Å². The Morgan fingerprint density at radius 2 is 1.45 bits per heavy atom. The first kappa shape index (κ1) is 31.5. The number of fused-ring (bicyclic) bond motifs is 1. The number of carbonyl (C=O) groups excluding carboxylic acids is 1.